The van der Waals surface area contributed by atoms with E-state index in [1.807, 2.05) is 37.3 Å². The topological polar surface area (TPSA) is 83.0 Å². The Morgan fingerprint density at radius 2 is 1.93 bits per heavy atom. The van der Waals surface area contributed by atoms with Crippen molar-refractivity contribution >= 4 is 51.7 Å². The molecule has 10 heteroatoms. The lowest BCUT2D eigenvalue weighted by Gasteiger charge is -2.25. The Morgan fingerprint density at radius 3 is 2.61 bits per heavy atom. The predicted molar refractivity (Wildman–Crippen MR) is 129 cm³/mol. The molecule has 7 nitrogen and oxygen atoms in total. The number of aliphatic imine (C=N–C) groups is 1. The van der Waals surface area contributed by atoms with E-state index in [9.17, 15) is 8.42 Å². The van der Waals surface area contributed by atoms with Gasteiger partial charge in [0.1, 0.15) is 5.75 Å². The van der Waals surface area contributed by atoms with Crippen molar-refractivity contribution in [1.29, 1.82) is 0 Å². The fraction of sp³-hybridized carbons (Fsp3) is 0.611. The number of thioether (sulfide) groups is 1. The lowest BCUT2D eigenvalue weighted by atomic mass is 10.3. The van der Waals surface area contributed by atoms with Crippen LogP contribution in [-0.2, 0) is 10.0 Å². The summed E-state index contributed by atoms with van der Waals surface area (Å²) in [6, 6.07) is 9.69. The average Bonchev–Trinajstić information content (AvgIpc) is 2.69. The number of nitrogens with zero attached hydrogens (tertiary/aromatic N) is 2. The molecule has 2 rings (SSSR count). The van der Waals surface area contributed by atoms with E-state index in [0.717, 1.165) is 30.2 Å². The Kier molecular flexibility index (Phi) is 12.9. The Balaban J connectivity index is 0.00000392. The SMILES string of the molecule is CCNC(=NCCCOc1ccccc1)NCCS(=O)(=O)N1CCSCC1.I. The summed E-state index contributed by atoms with van der Waals surface area (Å²) in [4.78, 5) is 4.48. The molecule has 0 amide bonds. The minimum atomic E-state index is -3.20. The maximum Gasteiger partial charge on any atom is 0.215 e. The van der Waals surface area contributed by atoms with Gasteiger partial charge in [0.15, 0.2) is 5.96 Å². The van der Waals surface area contributed by atoms with Gasteiger partial charge in [-0.15, -0.1) is 24.0 Å². The third kappa shape index (κ3) is 9.66. The Bertz CT molecular complexity index is 669. The van der Waals surface area contributed by atoms with Gasteiger partial charge >= 0.3 is 0 Å². The maximum atomic E-state index is 12.4. The van der Waals surface area contributed by atoms with Gasteiger partial charge in [-0.25, -0.2) is 12.7 Å². The highest BCUT2D eigenvalue weighted by atomic mass is 127. The molecule has 1 fully saturated rings. The maximum absolute atomic E-state index is 12.4. The zero-order chi connectivity index (χ0) is 19.4. The van der Waals surface area contributed by atoms with Gasteiger partial charge in [0.25, 0.3) is 0 Å². The molecular weight excluding hydrogens is 511 g/mol. The second-order valence-corrected chi connectivity index (χ2v) is 9.34. The molecule has 0 unspecified atom stereocenters. The number of para-hydroxylation sites is 1. The molecule has 0 aliphatic carbocycles. The summed E-state index contributed by atoms with van der Waals surface area (Å²) < 4.78 is 32.0. The van der Waals surface area contributed by atoms with Crippen LogP contribution in [0.3, 0.4) is 0 Å². The van der Waals surface area contributed by atoms with Crippen LogP contribution in [-0.4, -0.2) is 75.3 Å². The highest BCUT2D eigenvalue weighted by molar-refractivity contribution is 14.0. The minimum absolute atomic E-state index is 0. The van der Waals surface area contributed by atoms with E-state index in [0.29, 0.717) is 38.7 Å². The Labute approximate surface area is 190 Å². The van der Waals surface area contributed by atoms with Gasteiger partial charge in [0, 0.05) is 50.7 Å². The average molecular weight is 543 g/mol. The molecule has 1 aliphatic rings. The van der Waals surface area contributed by atoms with Crippen LogP contribution in [0.5, 0.6) is 5.75 Å². The molecule has 0 radical (unpaired) electrons. The number of rotatable bonds is 10. The number of sulfonamides is 1. The molecule has 1 aromatic carbocycles. The molecular formula is C18H31IN4O3S2. The van der Waals surface area contributed by atoms with Crippen LogP contribution in [0.1, 0.15) is 13.3 Å². The summed E-state index contributed by atoms with van der Waals surface area (Å²) in [7, 11) is -3.20. The van der Waals surface area contributed by atoms with Crippen LogP contribution in [0.2, 0.25) is 0 Å². The smallest absolute Gasteiger partial charge is 0.215 e. The van der Waals surface area contributed by atoms with Crippen LogP contribution < -0.4 is 15.4 Å². The first-order valence-corrected chi connectivity index (χ1v) is 12.1. The van der Waals surface area contributed by atoms with Crippen molar-refractivity contribution in [2.75, 3.05) is 56.6 Å². The summed E-state index contributed by atoms with van der Waals surface area (Å²) in [5.41, 5.74) is 0. The zero-order valence-electron chi connectivity index (χ0n) is 16.3. The largest absolute Gasteiger partial charge is 0.494 e. The van der Waals surface area contributed by atoms with Crippen molar-refractivity contribution in [2.24, 2.45) is 4.99 Å². The molecule has 0 bridgehead atoms. The monoisotopic (exact) mass is 542 g/mol. The summed E-state index contributed by atoms with van der Waals surface area (Å²) in [5.74, 6) is 3.33. The molecule has 2 N–H and O–H groups in total. The number of hydrogen-bond acceptors (Lipinski definition) is 5. The van der Waals surface area contributed by atoms with Gasteiger partial charge in [-0.3, -0.25) is 4.99 Å². The number of nitrogens with one attached hydrogen (secondary N) is 2. The molecule has 160 valence electrons. The van der Waals surface area contributed by atoms with Crippen molar-refractivity contribution in [1.82, 2.24) is 14.9 Å². The summed E-state index contributed by atoms with van der Waals surface area (Å²) >= 11 is 1.80. The number of ether oxygens (including phenoxy) is 1. The van der Waals surface area contributed by atoms with Gasteiger partial charge in [-0.05, 0) is 19.1 Å². The van der Waals surface area contributed by atoms with Crippen LogP contribution >= 0.6 is 35.7 Å². The first-order valence-electron chi connectivity index (χ1n) is 9.37. The lowest BCUT2D eigenvalue weighted by Crippen LogP contribution is -2.44. The molecule has 1 aromatic rings. The fourth-order valence-corrected chi connectivity index (χ4v) is 5.05. The summed E-state index contributed by atoms with van der Waals surface area (Å²) in [6.45, 7) is 5.48. The predicted octanol–water partition coefficient (Wildman–Crippen LogP) is 2.01. The third-order valence-corrected chi connectivity index (χ3v) is 6.76. The quantitative estimate of drug-likeness (QED) is 0.204. The highest BCUT2D eigenvalue weighted by Gasteiger charge is 2.23. The van der Waals surface area contributed by atoms with E-state index in [-0.39, 0.29) is 29.7 Å². The molecule has 28 heavy (non-hydrogen) atoms. The van der Waals surface area contributed by atoms with Gasteiger partial charge in [-0.1, -0.05) is 18.2 Å². The Hall–Kier alpha value is -0.720. The molecule has 0 saturated carbocycles. The molecule has 1 aliphatic heterocycles. The second-order valence-electron chi connectivity index (χ2n) is 6.03. The van der Waals surface area contributed by atoms with E-state index < -0.39 is 10.0 Å². The normalized spacial score (nSPS) is 15.5. The van der Waals surface area contributed by atoms with Crippen molar-refractivity contribution in [3.8, 4) is 5.75 Å². The van der Waals surface area contributed by atoms with E-state index in [4.69, 9.17) is 4.74 Å². The van der Waals surface area contributed by atoms with Crippen molar-refractivity contribution in [3.63, 3.8) is 0 Å². The highest BCUT2D eigenvalue weighted by Crippen LogP contribution is 2.13. The summed E-state index contributed by atoms with van der Waals surface area (Å²) in [6.07, 6.45) is 0.787. The fourth-order valence-electron chi connectivity index (χ4n) is 2.56. The van der Waals surface area contributed by atoms with Crippen molar-refractivity contribution in [2.45, 2.75) is 13.3 Å². The van der Waals surface area contributed by atoms with Gasteiger partial charge < -0.3 is 15.4 Å². The van der Waals surface area contributed by atoms with E-state index in [2.05, 4.69) is 15.6 Å². The number of guanidine groups is 1. The molecule has 0 atom stereocenters. The Morgan fingerprint density at radius 1 is 1.21 bits per heavy atom. The number of benzene rings is 1. The number of halogens is 1. The van der Waals surface area contributed by atoms with Gasteiger partial charge in [0.05, 0.1) is 12.4 Å². The second kappa shape index (κ2) is 14.3. The standard InChI is InChI=1S/C18H30N4O3S2.HI/c1-2-19-18(20-9-6-13-25-17-7-4-3-5-8-17)21-10-16-27(23,24)22-11-14-26-15-12-22;/h3-5,7-8H,2,6,9-16H2,1H3,(H2,19,20,21);1H. The van der Waals surface area contributed by atoms with Crippen LogP contribution in [0.25, 0.3) is 0 Å². The first kappa shape index (κ1) is 25.3. The van der Waals surface area contributed by atoms with Crippen LogP contribution in [0.4, 0.5) is 0 Å². The molecule has 1 heterocycles. The van der Waals surface area contributed by atoms with Crippen LogP contribution in [0, 0.1) is 0 Å². The van der Waals surface area contributed by atoms with E-state index in [1.54, 1.807) is 16.1 Å². The molecule has 0 aromatic heterocycles. The van der Waals surface area contributed by atoms with E-state index in [1.165, 1.54) is 0 Å². The summed E-state index contributed by atoms with van der Waals surface area (Å²) in [5, 5.41) is 6.25. The van der Waals surface area contributed by atoms with Gasteiger partial charge in [-0.2, -0.15) is 11.8 Å². The lowest BCUT2D eigenvalue weighted by molar-refractivity contribution is 0.313. The van der Waals surface area contributed by atoms with Crippen molar-refractivity contribution < 1.29 is 13.2 Å². The van der Waals surface area contributed by atoms with Crippen molar-refractivity contribution in [3.05, 3.63) is 30.3 Å². The molecule has 0 spiro atoms. The first-order chi connectivity index (χ1) is 13.1. The molecule has 1 saturated heterocycles. The third-order valence-electron chi connectivity index (χ3n) is 3.94. The minimum Gasteiger partial charge on any atom is -0.494 e. The van der Waals surface area contributed by atoms with Gasteiger partial charge in [0.2, 0.25) is 10.0 Å². The van der Waals surface area contributed by atoms with Crippen LogP contribution in [0.15, 0.2) is 35.3 Å². The number of hydrogen-bond donors (Lipinski definition) is 2. The van der Waals surface area contributed by atoms with E-state index >= 15 is 0 Å². The zero-order valence-corrected chi connectivity index (χ0v) is 20.3.